The average molecular weight is 343 g/mol. The van der Waals surface area contributed by atoms with Crippen LogP contribution in [0.15, 0.2) is 56.7 Å². The Morgan fingerprint density at radius 1 is 1.25 bits per heavy atom. The molecule has 1 aromatic carbocycles. The van der Waals surface area contributed by atoms with E-state index in [0.717, 1.165) is 11.1 Å². The molecule has 6 nitrogen and oxygen atoms in total. The first kappa shape index (κ1) is 16.3. The molecule has 1 atom stereocenters. The number of nitrogens with one attached hydrogen (secondary N) is 1. The summed E-state index contributed by atoms with van der Waals surface area (Å²) in [5, 5.41) is 10.9. The van der Waals surface area contributed by atoms with Gasteiger partial charge in [0.25, 0.3) is 11.1 Å². The summed E-state index contributed by atoms with van der Waals surface area (Å²) in [6.07, 6.45) is 1.57. The lowest BCUT2D eigenvalue weighted by molar-refractivity contribution is -0.120. The van der Waals surface area contributed by atoms with Crippen LogP contribution in [0.4, 0.5) is 0 Å². The zero-order chi connectivity index (χ0) is 16.9. The van der Waals surface area contributed by atoms with Crippen molar-refractivity contribution in [1.29, 1.82) is 0 Å². The summed E-state index contributed by atoms with van der Waals surface area (Å²) in [6, 6.07) is 11.5. The van der Waals surface area contributed by atoms with Gasteiger partial charge in [-0.15, -0.1) is 10.2 Å². The Morgan fingerprint density at radius 3 is 2.75 bits per heavy atom. The van der Waals surface area contributed by atoms with Crippen LogP contribution in [-0.4, -0.2) is 21.4 Å². The van der Waals surface area contributed by atoms with Gasteiger partial charge in [-0.05, 0) is 25.5 Å². The molecule has 0 aliphatic rings. The van der Waals surface area contributed by atoms with Gasteiger partial charge in [0.15, 0.2) is 0 Å². The molecule has 1 amide bonds. The predicted octanol–water partition coefficient (Wildman–Crippen LogP) is 3.44. The first-order chi connectivity index (χ1) is 11.6. The zero-order valence-electron chi connectivity index (χ0n) is 13.4. The van der Waals surface area contributed by atoms with Gasteiger partial charge in [0, 0.05) is 6.54 Å². The summed E-state index contributed by atoms with van der Waals surface area (Å²) in [5.74, 6) is 1.02. The molecule has 0 saturated carbocycles. The van der Waals surface area contributed by atoms with E-state index in [1.54, 1.807) is 19.3 Å². The van der Waals surface area contributed by atoms with Crippen LogP contribution in [0.25, 0.3) is 11.5 Å². The highest BCUT2D eigenvalue weighted by Gasteiger charge is 2.19. The molecule has 3 aromatic rings. The van der Waals surface area contributed by atoms with Crippen molar-refractivity contribution in [2.24, 2.45) is 0 Å². The molecule has 0 fully saturated rings. The highest BCUT2D eigenvalue weighted by atomic mass is 32.2. The van der Waals surface area contributed by atoms with Crippen LogP contribution in [0.1, 0.15) is 18.2 Å². The van der Waals surface area contributed by atoms with Crippen molar-refractivity contribution in [2.45, 2.75) is 30.9 Å². The molecule has 24 heavy (non-hydrogen) atoms. The van der Waals surface area contributed by atoms with Crippen LogP contribution >= 0.6 is 11.8 Å². The van der Waals surface area contributed by atoms with Gasteiger partial charge in [0.1, 0.15) is 5.76 Å². The van der Waals surface area contributed by atoms with Crippen molar-refractivity contribution in [3.05, 3.63) is 54.0 Å². The van der Waals surface area contributed by atoms with Gasteiger partial charge in [0.05, 0.1) is 17.1 Å². The van der Waals surface area contributed by atoms with E-state index in [0.29, 0.717) is 23.4 Å². The second-order valence-corrected chi connectivity index (χ2v) is 6.52. The van der Waals surface area contributed by atoms with Gasteiger partial charge in [-0.2, -0.15) is 0 Å². The SMILES string of the molecule is Cc1occc1-c1nnc(S[C@H](C)C(=O)NCc2ccccc2)o1. The van der Waals surface area contributed by atoms with E-state index in [1.807, 2.05) is 37.3 Å². The van der Waals surface area contributed by atoms with Gasteiger partial charge in [-0.25, -0.2) is 0 Å². The first-order valence-electron chi connectivity index (χ1n) is 7.50. The van der Waals surface area contributed by atoms with Crippen molar-refractivity contribution in [3.63, 3.8) is 0 Å². The van der Waals surface area contributed by atoms with Crippen LogP contribution < -0.4 is 5.32 Å². The molecule has 124 valence electrons. The first-order valence-corrected chi connectivity index (χ1v) is 8.37. The lowest BCUT2D eigenvalue weighted by atomic mass is 10.2. The van der Waals surface area contributed by atoms with E-state index in [9.17, 15) is 4.79 Å². The third kappa shape index (κ3) is 3.86. The maximum Gasteiger partial charge on any atom is 0.277 e. The van der Waals surface area contributed by atoms with Crippen LogP contribution in [0.3, 0.4) is 0 Å². The molecule has 2 heterocycles. The minimum atomic E-state index is -0.340. The van der Waals surface area contributed by atoms with Gasteiger partial charge in [-0.1, -0.05) is 42.1 Å². The van der Waals surface area contributed by atoms with Crippen molar-refractivity contribution in [3.8, 4) is 11.5 Å². The topological polar surface area (TPSA) is 81.2 Å². The van der Waals surface area contributed by atoms with Gasteiger partial charge >= 0.3 is 0 Å². The fourth-order valence-electron chi connectivity index (χ4n) is 2.11. The van der Waals surface area contributed by atoms with Crippen LogP contribution in [0.2, 0.25) is 0 Å². The van der Waals surface area contributed by atoms with Crippen LogP contribution in [-0.2, 0) is 11.3 Å². The summed E-state index contributed by atoms with van der Waals surface area (Å²) in [6.45, 7) is 4.12. The third-order valence-corrected chi connectivity index (χ3v) is 4.39. The quantitative estimate of drug-likeness (QED) is 0.691. The normalized spacial score (nSPS) is 12.1. The molecule has 2 aromatic heterocycles. The fraction of sp³-hybridized carbons (Fsp3) is 0.235. The number of nitrogens with zero attached hydrogens (tertiary/aromatic N) is 2. The Labute approximate surface area is 143 Å². The van der Waals surface area contributed by atoms with Crippen molar-refractivity contribution in [1.82, 2.24) is 15.5 Å². The van der Waals surface area contributed by atoms with Gasteiger partial charge in [-0.3, -0.25) is 4.79 Å². The Balaban J connectivity index is 1.56. The minimum absolute atomic E-state index is 0.0805. The number of benzene rings is 1. The molecule has 0 unspecified atom stereocenters. The highest BCUT2D eigenvalue weighted by molar-refractivity contribution is 8.00. The Kier molecular flexibility index (Phi) is 5.00. The average Bonchev–Trinajstić information content (AvgIpc) is 3.22. The van der Waals surface area contributed by atoms with E-state index in [1.165, 1.54) is 11.8 Å². The Hall–Kier alpha value is -2.54. The fourth-order valence-corrected chi connectivity index (χ4v) is 2.81. The molecule has 0 spiro atoms. The second-order valence-electron chi connectivity index (χ2n) is 5.23. The van der Waals surface area contributed by atoms with Crippen LogP contribution in [0, 0.1) is 6.92 Å². The van der Waals surface area contributed by atoms with Gasteiger partial charge < -0.3 is 14.2 Å². The van der Waals surface area contributed by atoms with E-state index in [4.69, 9.17) is 8.83 Å². The van der Waals surface area contributed by atoms with E-state index in [2.05, 4.69) is 15.5 Å². The molecule has 3 rings (SSSR count). The number of furan rings is 1. The van der Waals surface area contributed by atoms with Crippen molar-refractivity contribution in [2.75, 3.05) is 0 Å². The molecule has 0 radical (unpaired) electrons. The standard InChI is InChI=1S/C17H17N3O3S/c1-11-14(8-9-22-11)16-19-20-17(23-16)24-12(2)15(21)18-10-13-6-4-3-5-7-13/h3-9,12H,10H2,1-2H3,(H,18,21)/t12-/m1/s1. The number of amides is 1. The summed E-state index contributed by atoms with van der Waals surface area (Å²) >= 11 is 1.23. The second kappa shape index (κ2) is 7.35. The lowest BCUT2D eigenvalue weighted by Gasteiger charge is -2.09. The maximum absolute atomic E-state index is 12.2. The molecule has 0 bridgehead atoms. The third-order valence-electron chi connectivity index (χ3n) is 3.45. The molecular weight excluding hydrogens is 326 g/mol. The Bertz CT molecular complexity index is 813. The zero-order valence-corrected chi connectivity index (χ0v) is 14.2. The predicted molar refractivity (Wildman–Crippen MR) is 90.3 cm³/mol. The van der Waals surface area contributed by atoms with E-state index in [-0.39, 0.29) is 11.2 Å². The monoisotopic (exact) mass is 343 g/mol. The lowest BCUT2D eigenvalue weighted by Crippen LogP contribution is -2.30. The number of aryl methyl sites for hydroxylation is 1. The Morgan fingerprint density at radius 2 is 2.04 bits per heavy atom. The number of aromatic nitrogens is 2. The summed E-state index contributed by atoms with van der Waals surface area (Å²) in [4.78, 5) is 12.2. The summed E-state index contributed by atoms with van der Waals surface area (Å²) in [5.41, 5.74) is 1.81. The molecule has 7 heteroatoms. The number of rotatable bonds is 6. The molecule has 0 aliphatic carbocycles. The molecule has 1 N–H and O–H groups in total. The highest BCUT2D eigenvalue weighted by Crippen LogP contribution is 2.28. The largest absolute Gasteiger partial charge is 0.469 e. The number of thioether (sulfide) groups is 1. The molecule has 0 aliphatic heterocycles. The van der Waals surface area contributed by atoms with Crippen LogP contribution in [0.5, 0.6) is 0 Å². The summed E-state index contributed by atoms with van der Waals surface area (Å²) < 4.78 is 10.8. The van der Waals surface area contributed by atoms with Crippen molar-refractivity contribution < 1.29 is 13.6 Å². The van der Waals surface area contributed by atoms with Gasteiger partial charge in [0.2, 0.25) is 5.91 Å². The minimum Gasteiger partial charge on any atom is -0.469 e. The number of carbonyl (C=O) groups excluding carboxylic acids is 1. The summed E-state index contributed by atoms with van der Waals surface area (Å²) in [7, 11) is 0. The maximum atomic E-state index is 12.2. The number of carbonyl (C=O) groups is 1. The smallest absolute Gasteiger partial charge is 0.277 e. The molecular formula is C17H17N3O3S. The molecule has 0 saturated heterocycles. The van der Waals surface area contributed by atoms with Crippen molar-refractivity contribution >= 4 is 17.7 Å². The number of hydrogen-bond donors (Lipinski definition) is 1. The van der Waals surface area contributed by atoms with E-state index < -0.39 is 0 Å². The van der Waals surface area contributed by atoms with E-state index >= 15 is 0 Å². The number of hydrogen-bond acceptors (Lipinski definition) is 6.